The van der Waals surface area contributed by atoms with Crippen LogP contribution in [-0.4, -0.2) is 16.0 Å². The van der Waals surface area contributed by atoms with Crippen molar-refractivity contribution in [3.63, 3.8) is 0 Å². The zero-order valence-corrected chi connectivity index (χ0v) is 9.06. The van der Waals surface area contributed by atoms with Crippen LogP contribution in [0, 0.1) is 23.2 Å². The lowest BCUT2D eigenvalue weighted by atomic mass is 9.95. The Labute approximate surface area is 94.7 Å². The van der Waals surface area contributed by atoms with Crippen molar-refractivity contribution in [2.24, 2.45) is 11.8 Å². The van der Waals surface area contributed by atoms with Crippen LogP contribution < -0.4 is 5.32 Å². The Morgan fingerprint density at radius 3 is 3.00 bits per heavy atom. The molecule has 1 aromatic rings. The van der Waals surface area contributed by atoms with Crippen LogP contribution in [0.1, 0.15) is 31.4 Å². The molecule has 1 aromatic heterocycles. The van der Waals surface area contributed by atoms with Gasteiger partial charge in [-0.15, -0.1) is 0 Å². The number of hydrogen-bond acceptors (Lipinski definition) is 4. The fourth-order valence-corrected chi connectivity index (χ4v) is 3.08. The largest absolute Gasteiger partial charge is 0.351 e. The van der Waals surface area contributed by atoms with Crippen molar-refractivity contribution in [2.45, 2.75) is 31.7 Å². The average Bonchev–Trinajstić information content (AvgIpc) is 2.91. The summed E-state index contributed by atoms with van der Waals surface area (Å²) in [5.74, 6) is 2.30. The summed E-state index contributed by atoms with van der Waals surface area (Å²) in [7, 11) is 0. The first kappa shape index (κ1) is 9.59. The second-order valence-electron chi connectivity index (χ2n) is 4.80. The van der Waals surface area contributed by atoms with Gasteiger partial charge in [-0.05, 0) is 37.2 Å². The monoisotopic (exact) mass is 214 g/mol. The summed E-state index contributed by atoms with van der Waals surface area (Å²) < 4.78 is 0. The van der Waals surface area contributed by atoms with Crippen LogP contribution >= 0.6 is 0 Å². The molecule has 4 heteroatoms. The van der Waals surface area contributed by atoms with E-state index in [1.165, 1.54) is 25.7 Å². The molecule has 0 radical (unpaired) electrons. The third-order valence-electron chi connectivity index (χ3n) is 3.82. The molecule has 4 nitrogen and oxygen atoms in total. The molecule has 2 bridgehead atoms. The molecule has 16 heavy (non-hydrogen) atoms. The SMILES string of the molecule is N#Cc1ccnc(NC2CC3CCC2C3)n1. The third kappa shape index (κ3) is 1.63. The highest BCUT2D eigenvalue weighted by molar-refractivity contribution is 5.32. The van der Waals surface area contributed by atoms with E-state index in [-0.39, 0.29) is 0 Å². The van der Waals surface area contributed by atoms with Crippen molar-refractivity contribution in [2.75, 3.05) is 5.32 Å². The van der Waals surface area contributed by atoms with E-state index in [0.717, 1.165) is 11.8 Å². The molecule has 2 fully saturated rings. The average molecular weight is 214 g/mol. The van der Waals surface area contributed by atoms with Crippen LogP contribution in [0.25, 0.3) is 0 Å². The zero-order valence-electron chi connectivity index (χ0n) is 9.06. The smallest absolute Gasteiger partial charge is 0.224 e. The first-order valence-electron chi connectivity index (χ1n) is 5.85. The van der Waals surface area contributed by atoms with Crippen molar-refractivity contribution in [3.05, 3.63) is 18.0 Å². The third-order valence-corrected chi connectivity index (χ3v) is 3.82. The van der Waals surface area contributed by atoms with Gasteiger partial charge in [-0.3, -0.25) is 0 Å². The molecule has 3 atom stereocenters. The zero-order chi connectivity index (χ0) is 11.0. The quantitative estimate of drug-likeness (QED) is 0.817. The fraction of sp³-hybridized carbons (Fsp3) is 0.583. The second kappa shape index (κ2) is 3.75. The van der Waals surface area contributed by atoms with Crippen molar-refractivity contribution in [3.8, 4) is 6.07 Å². The summed E-state index contributed by atoms with van der Waals surface area (Å²) in [6.45, 7) is 0. The maximum atomic E-state index is 8.76. The number of nitrogens with one attached hydrogen (secondary N) is 1. The van der Waals surface area contributed by atoms with Crippen LogP contribution in [0.4, 0.5) is 5.95 Å². The van der Waals surface area contributed by atoms with E-state index >= 15 is 0 Å². The molecule has 0 aliphatic heterocycles. The molecule has 2 aliphatic rings. The number of nitriles is 1. The van der Waals surface area contributed by atoms with Gasteiger partial charge >= 0.3 is 0 Å². The van der Waals surface area contributed by atoms with Gasteiger partial charge in [0.15, 0.2) is 0 Å². The van der Waals surface area contributed by atoms with Crippen LogP contribution in [0.5, 0.6) is 0 Å². The molecule has 82 valence electrons. The molecule has 1 heterocycles. The van der Waals surface area contributed by atoms with Crippen molar-refractivity contribution in [1.82, 2.24) is 9.97 Å². The summed E-state index contributed by atoms with van der Waals surface area (Å²) in [6.07, 6.45) is 6.96. The highest BCUT2D eigenvalue weighted by Gasteiger charge is 2.39. The number of rotatable bonds is 2. The van der Waals surface area contributed by atoms with Gasteiger partial charge < -0.3 is 5.32 Å². The molecule has 0 spiro atoms. The predicted octanol–water partition coefficient (Wildman–Crippen LogP) is 1.95. The summed E-state index contributed by atoms with van der Waals surface area (Å²) >= 11 is 0. The molecule has 1 N–H and O–H groups in total. The van der Waals surface area contributed by atoms with Gasteiger partial charge in [0.1, 0.15) is 11.8 Å². The minimum Gasteiger partial charge on any atom is -0.351 e. The van der Waals surface area contributed by atoms with E-state index in [2.05, 4.69) is 15.3 Å². The Kier molecular flexibility index (Phi) is 2.24. The topological polar surface area (TPSA) is 61.6 Å². The standard InChI is InChI=1S/C12H14N4/c13-7-10-3-4-14-12(15-10)16-11-6-8-1-2-9(11)5-8/h3-4,8-9,11H,1-2,5-6H2,(H,14,15,16). The van der Waals surface area contributed by atoms with Crippen LogP contribution in [0.15, 0.2) is 12.3 Å². The van der Waals surface area contributed by atoms with E-state index in [1.807, 2.05) is 6.07 Å². The van der Waals surface area contributed by atoms with Crippen LogP contribution in [0.2, 0.25) is 0 Å². The minimum absolute atomic E-state index is 0.431. The summed E-state index contributed by atoms with van der Waals surface area (Å²) in [6, 6.07) is 4.19. The summed E-state index contributed by atoms with van der Waals surface area (Å²) in [5.41, 5.74) is 0.431. The van der Waals surface area contributed by atoms with E-state index in [4.69, 9.17) is 5.26 Å². The molecular weight excluding hydrogens is 200 g/mol. The highest BCUT2D eigenvalue weighted by atomic mass is 15.1. The van der Waals surface area contributed by atoms with Gasteiger partial charge in [-0.25, -0.2) is 9.97 Å². The molecule has 0 amide bonds. The second-order valence-corrected chi connectivity index (χ2v) is 4.80. The molecule has 0 aromatic carbocycles. The first-order chi connectivity index (χ1) is 7.85. The Morgan fingerprint density at radius 1 is 1.38 bits per heavy atom. The number of anilines is 1. The minimum atomic E-state index is 0.431. The van der Waals surface area contributed by atoms with Crippen molar-refractivity contribution in [1.29, 1.82) is 5.26 Å². The first-order valence-corrected chi connectivity index (χ1v) is 5.85. The lowest BCUT2D eigenvalue weighted by Crippen LogP contribution is -2.26. The Hall–Kier alpha value is -1.63. The van der Waals surface area contributed by atoms with E-state index in [0.29, 0.717) is 17.7 Å². The maximum absolute atomic E-state index is 8.76. The maximum Gasteiger partial charge on any atom is 0.224 e. The van der Waals surface area contributed by atoms with E-state index < -0.39 is 0 Å². The van der Waals surface area contributed by atoms with Gasteiger partial charge in [0, 0.05) is 12.2 Å². The van der Waals surface area contributed by atoms with Crippen LogP contribution in [0.3, 0.4) is 0 Å². The van der Waals surface area contributed by atoms with Gasteiger partial charge in [0.2, 0.25) is 5.95 Å². The van der Waals surface area contributed by atoms with Gasteiger partial charge in [-0.2, -0.15) is 5.26 Å². The molecule has 3 unspecified atom stereocenters. The summed E-state index contributed by atoms with van der Waals surface area (Å²) in [5, 5.41) is 12.1. The molecule has 2 aliphatic carbocycles. The fourth-order valence-electron chi connectivity index (χ4n) is 3.08. The van der Waals surface area contributed by atoms with E-state index in [1.54, 1.807) is 12.3 Å². The molecule has 3 rings (SSSR count). The predicted molar refractivity (Wildman–Crippen MR) is 59.6 cm³/mol. The highest BCUT2D eigenvalue weighted by Crippen LogP contribution is 2.45. The number of aromatic nitrogens is 2. The van der Waals surface area contributed by atoms with Crippen LogP contribution in [-0.2, 0) is 0 Å². The molecule has 0 saturated heterocycles. The summed E-state index contributed by atoms with van der Waals surface area (Å²) in [4.78, 5) is 8.32. The Morgan fingerprint density at radius 2 is 2.31 bits per heavy atom. The van der Waals surface area contributed by atoms with Gasteiger partial charge in [-0.1, -0.05) is 6.42 Å². The van der Waals surface area contributed by atoms with Gasteiger partial charge in [0.05, 0.1) is 0 Å². The van der Waals surface area contributed by atoms with Gasteiger partial charge in [0.25, 0.3) is 0 Å². The normalized spacial score (nSPS) is 31.3. The Balaban J connectivity index is 1.72. The molecular formula is C12H14N4. The van der Waals surface area contributed by atoms with Crippen molar-refractivity contribution >= 4 is 5.95 Å². The number of hydrogen-bond donors (Lipinski definition) is 1. The lowest BCUT2D eigenvalue weighted by Gasteiger charge is -2.22. The molecule has 2 saturated carbocycles. The Bertz CT molecular complexity index is 437. The number of nitrogens with zero attached hydrogens (tertiary/aromatic N) is 3. The number of fused-ring (bicyclic) bond motifs is 2. The lowest BCUT2D eigenvalue weighted by molar-refractivity contribution is 0.438. The van der Waals surface area contributed by atoms with E-state index in [9.17, 15) is 0 Å². The van der Waals surface area contributed by atoms with Crippen molar-refractivity contribution < 1.29 is 0 Å².